The average molecular weight is 347 g/mol. The molecule has 136 valence electrons. The fourth-order valence-electron chi connectivity index (χ4n) is 2.73. The van der Waals surface area contributed by atoms with Gasteiger partial charge in [-0.05, 0) is 39.8 Å². The molecule has 1 aromatic heterocycles. The lowest BCUT2D eigenvalue weighted by Gasteiger charge is -2.24. The molecule has 0 saturated heterocycles. The predicted octanol–water partition coefficient (Wildman–Crippen LogP) is 2.96. The fourth-order valence-corrected chi connectivity index (χ4v) is 2.73. The molecule has 0 fully saturated rings. The molecule has 6 heteroatoms. The minimum Gasteiger partial charge on any atom is -0.456 e. The van der Waals surface area contributed by atoms with Gasteiger partial charge in [0.25, 0.3) is 0 Å². The van der Waals surface area contributed by atoms with Crippen molar-refractivity contribution in [1.29, 1.82) is 0 Å². The molecule has 0 atom stereocenters. The number of hydrogen-bond donors (Lipinski definition) is 1. The van der Waals surface area contributed by atoms with Crippen LogP contribution in [0.1, 0.15) is 44.5 Å². The second-order valence-electron chi connectivity index (χ2n) is 6.45. The highest BCUT2D eigenvalue weighted by molar-refractivity contribution is 6.03. The lowest BCUT2D eigenvalue weighted by Crippen LogP contribution is -2.29. The highest BCUT2D eigenvalue weighted by atomic mass is 16.6. The molecule has 25 heavy (non-hydrogen) atoms. The van der Waals surface area contributed by atoms with E-state index in [-0.39, 0.29) is 12.2 Å². The largest absolute Gasteiger partial charge is 0.456 e. The molecule has 2 rings (SSSR count). The molecule has 0 spiro atoms. The number of carbonyl (C=O) groups is 1. The van der Waals surface area contributed by atoms with Gasteiger partial charge in [0.2, 0.25) is 0 Å². The Labute approximate surface area is 147 Å². The maximum absolute atomic E-state index is 12.5. The summed E-state index contributed by atoms with van der Waals surface area (Å²) in [5.41, 5.74) is 0.0186. The van der Waals surface area contributed by atoms with Gasteiger partial charge >= 0.3 is 11.6 Å². The van der Waals surface area contributed by atoms with Gasteiger partial charge < -0.3 is 19.2 Å². The summed E-state index contributed by atoms with van der Waals surface area (Å²) in [7, 11) is 0. The third-order valence-corrected chi connectivity index (χ3v) is 4.16. The van der Waals surface area contributed by atoms with Crippen LogP contribution in [0.25, 0.3) is 11.0 Å². The van der Waals surface area contributed by atoms with Gasteiger partial charge in [0.15, 0.2) is 0 Å². The zero-order valence-corrected chi connectivity index (χ0v) is 15.2. The molecular formula is C19H25NO5. The quantitative estimate of drug-likeness (QED) is 0.613. The minimum atomic E-state index is -0.824. The first-order valence-electron chi connectivity index (χ1n) is 8.48. The van der Waals surface area contributed by atoms with Crippen LogP contribution in [0.3, 0.4) is 0 Å². The van der Waals surface area contributed by atoms with Crippen LogP contribution in [-0.4, -0.2) is 36.4 Å². The Morgan fingerprint density at radius 2 is 1.92 bits per heavy atom. The topological polar surface area (TPSA) is 80.0 Å². The number of ether oxygens (including phenoxy) is 1. The molecule has 1 aromatic carbocycles. The zero-order valence-electron chi connectivity index (χ0n) is 15.2. The summed E-state index contributed by atoms with van der Waals surface area (Å²) in [6, 6.07) is 6.57. The van der Waals surface area contributed by atoms with E-state index in [2.05, 4.69) is 4.90 Å². The summed E-state index contributed by atoms with van der Waals surface area (Å²) in [6.45, 7) is 9.07. The SMILES string of the molecule is CCN(CC)c1ccc2c(C(=O)OC(C)(C)CCO)cc(=O)oc2c1. The molecule has 0 saturated carbocycles. The number of aliphatic hydroxyl groups is 1. The van der Waals surface area contributed by atoms with E-state index in [1.165, 1.54) is 0 Å². The Balaban J connectivity index is 2.47. The molecule has 0 radical (unpaired) electrons. The van der Waals surface area contributed by atoms with Crippen LogP contribution in [0.2, 0.25) is 0 Å². The first kappa shape index (κ1) is 19.0. The molecule has 0 bridgehead atoms. The van der Waals surface area contributed by atoms with Crippen molar-refractivity contribution in [2.45, 2.75) is 39.7 Å². The minimum absolute atomic E-state index is 0.0921. The summed E-state index contributed by atoms with van der Waals surface area (Å²) in [6.07, 6.45) is 0.310. The van der Waals surface area contributed by atoms with Crippen LogP contribution in [0.15, 0.2) is 33.5 Å². The summed E-state index contributed by atoms with van der Waals surface area (Å²) < 4.78 is 10.7. The number of esters is 1. The van der Waals surface area contributed by atoms with Crippen molar-refractivity contribution in [2.24, 2.45) is 0 Å². The van der Waals surface area contributed by atoms with Gasteiger partial charge in [-0.15, -0.1) is 0 Å². The monoisotopic (exact) mass is 347 g/mol. The number of aliphatic hydroxyl groups excluding tert-OH is 1. The smallest absolute Gasteiger partial charge is 0.339 e. The lowest BCUT2D eigenvalue weighted by atomic mass is 10.1. The second-order valence-corrected chi connectivity index (χ2v) is 6.45. The van der Waals surface area contributed by atoms with Crippen molar-refractivity contribution in [3.63, 3.8) is 0 Å². The lowest BCUT2D eigenvalue weighted by molar-refractivity contribution is -0.0105. The number of rotatable bonds is 7. The summed E-state index contributed by atoms with van der Waals surface area (Å²) in [5.74, 6) is -0.605. The van der Waals surface area contributed by atoms with E-state index in [9.17, 15) is 9.59 Å². The van der Waals surface area contributed by atoms with E-state index in [0.717, 1.165) is 24.8 Å². The number of anilines is 1. The summed E-state index contributed by atoms with van der Waals surface area (Å²) in [4.78, 5) is 26.5. The molecule has 1 N–H and O–H groups in total. The first-order chi connectivity index (χ1) is 11.8. The molecule has 0 aliphatic carbocycles. The van der Waals surface area contributed by atoms with Crippen LogP contribution in [-0.2, 0) is 4.74 Å². The Kier molecular flexibility index (Phi) is 5.85. The molecule has 0 unspecified atom stereocenters. The van der Waals surface area contributed by atoms with Gasteiger partial charge in [-0.2, -0.15) is 0 Å². The average Bonchev–Trinajstić information content (AvgIpc) is 2.54. The third kappa shape index (κ3) is 4.39. The number of benzene rings is 1. The van der Waals surface area contributed by atoms with Crippen molar-refractivity contribution in [2.75, 3.05) is 24.6 Å². The number of fused-ring (bicyclic) bond motifs is 1. The van der Waals surface area contributed by atoms with Crippen LogP contribution >= 0.6 is 0 Å². The Hall–Kier alpha value is -2.34. The number of nitrogens with zero attached hydrogens (tertiary/aromatic N) is 1. The van der Waals surface area contributed by atoms with Gasteiger partial charge in [-0.1, -0.05) is 0 Å². The maximum atomic E-state index is 12.5. The van der Waals surface area contributed by atoms with E-state index in [1.807, 2.05) is 19.9 Å². The molecular weight excluding hydrogens is 322 g/mol. The van der Waals surface area contributed by atoms with Crippen LogP contribution in [0, 0.1) is 0 Å². The normalized spacial score (nSPS) is 11.6. The predicted molar refractivity (Wildman–Crippen MR) is 97.2 cm³/mol. The first-order valence-corrected chi connectivity index (χ1v) is 8.48. The van der Waals surface area contributed by atoms with Crippen LogP contribution in [0.4, 0.5) is 5.69 Å². The third-order valence-electron chi connectivity index (χ3n) is 4.16. The van der Waals surface area contributed by atoms with Gasteiger partial charge in [-0.3, -0.25) is 0 Å². The number of carbonyl (C=O) groups excluding carboxylic acids is 1. The maximum Gasteiger partial charge on any atom is 0.339 e. The standard InChI is InChI=1S/C19H25NO5/c1-5-20(6-2)13-7-8-14-15(12-17(22)24-16(14)11-13)18(23)25-19(3,4)9-10-21/h7-8,11-12,21H,5-6,9-10H2,1-4H3. The van der Waals surface area contributed by atoms with Crippen molar-refractivity contribution in [3.8, 4) is 0 Å². The Morgan fingerprint density at radius 3 is 2.52 bits per heavy atom. The van der Waals surface area contributed by atoms with Crippen LogP contribution in [0.5, 0.6) is 0 Å². The summed E-state index contributed by atoms with van der Waals surface area (Å²) >= 11 is 0. The van der Waals surface area contributed by atoms with Crippen molar-refractivity contribution < 1.29 is 19.1 Å². The van der Waals surface area contributed by atoms with Crippen molar-refractivity contribution in [1.82, 2.24) is 0 Å². The Bertz CT molecular complexity index is 805. The van der Waals surface area contributed by atoms with Crippen molar-refractivity contribution >= 4 is 22.6 Å². The Morgan fingerprint density at radius 1 is 1.24 bits per heavy atom. The van der Waals surface area contributed by atoms with E-state index < -0.39 is 17.2 Å². The molecule has 1 heterocycles. The van der Waals surface area contributed by atoms with E-state index in [0.29, 0.717) is 17.4 Å². The van der Waals surface area contributed by atoms with E-state index >= 15 is 0 Å². The van der Waals surface area contributed by atoms with E-state index in [1.54, 1.807) is 26.0 Å². The molecule has 0 amide bonds. The fraction of sp³-hybridized carbons (Fsp3) is 0.474. The second kappa shape index (κ2) is 7.70. The molecule has 2 aromatic rings. The summed E-state index contributed by atoms with van der Waals surface area (Å²) in [5, 5.41) is 9.60. The van der Waals surface area contributed by atoms with Gasteiger partial charge in [0, 0.05) is 49.3 Å². The molecule has 0 aliphatic heterocycles. The van der Waals surface area contributed by atoms with E-state index in [4.69, 9.17) is 14.3 Å². The van der Waals surface area contributed by atoms with Gasteiger partial charge in [0.1, 0.15) is 11.2 Å². The zero-order chi connectivity index (χ0) is 18.6. The van der Waals surface area contributed by atoms with Gasteiger partial charge in [-0.25, -0.2) is 9.59 Å². The van der Waals surface area contributed by atoms with Gasteiger partial charge in [0.05, 0.1) is 5.56 Å². The highest BCUT2D eigenvalue weighted by Gasteiger charge is 2.25. The molecule has 0 aliphatic rings. The number of hydrogen-bond acceptors (Lipinski definition) is 6. The molecule has 6 nitrogen and oxygen atoms in total. The van der Waals surface area contributed by atoms with Crippen molar-refractivity contribution in [3.05, 3.63) is 40.2 Å². The highest BCUT2D eigenvalue weighted by Crippen LogP contribution is 2.25. The van der Waals surface area contributed by atoms with Crippen LogP contribution < -0.4 is 10.5 Å².